The highest BCUT2D eigenvalue weighted by atomic mass is 16.5. The lowest BCUT2D eigenvalue weighted by Gasteiger charge is -2.19. The lowest BCUT2D eigenvalue weighted by Crippen LogP contribution is -2.05. The molecular formula is C26H28O5. The molecule has 162 valence electrons. The van der Waals surface area contributed by atoms with E-state index >= 15 is 0 Å². The molecule has 5 heteroatoms. The third-order valence-electron chi connectivity index (χ3n) is 5.10. The van der Waals surface area contributed by atoms with E-state index in [1.54, 1.807) is 34.5 Å². The van der Waals surface area contributed by atoms with E-state index < -0.39 is 6.10 Å². The predicted molar refractivity (Wildman–Crippen MR) is 123 cm³/mol. The van der Waals surface area contributed by atoms with Crippen LogP contribution in [0.25, 0.3) is 12.2 Å². The summed E-state index contributed by atoms with van der Waals surface area (Å²) in [5.74, 6) is 2.58. The minimum absolute atomic E-state index is 0.551. The van der Waals surface area contributed by atoms with Crippen molar-refractivity contribution < 1.29 is 24.1 Å². The number of aliphatic hydroxyl groups is 1. The van der Waals surface area contributed by atoms with Gasteiger partial charge in [0.1, 0.15) is 29.1 Å². The van der Waals surface area contributed by atoms with Crippen molar-refractivity contribution >= 4 is 12.2 Å². The number of rotatable bonds is 8. The number of aryl methyl sites for hydroxylation is 1. The van der Waals surface area contributed by atoms with Crippen LogP contribution in [0.15, 0.2) is 54.6 Å². The van der Waals surface area contributed by atoms with Crippen LogP contribution in [-0.2, 0) is 0 Å². The van der Waals surface area contributed by atoms with Gasteiger partial charge in [-0.25, -0.2) is 0 Å². The Morgan fingerprint density at radius 3 is 1.84 bits per heavy atom. The Balaban J connectivity index is 2.10. The molecule has 0 aliphatic carbocycles. The van der Waals surface area contributed by atoms with Gasteiger partial charge in [0.25, 0.3) is 0 Å². The second kappa shape index (κ2) is 10.0. The van der Waals surface area contributed by atoms with Gasteiger partial charge in [0, 0.05) is 17.7 Å². The van der Waals surface area contributed by atoms with Crippen molar-refractivity contribution in [1.29, 1.82) is 0 Å². The van der Waals surface area contributed by atoms with E-state index in [2.05, 4.69) is 0 Å². The predicted octanol–water partition coefficient (Wildman–Crippen LogP) is 5.28. The molecule has 31 heavy (non-hydrogen) atoms. The molecular weight excluding hydrogens is 392 g/mol. The number of ether oxygens (including phenoxy) is 4. The molecule has 0 saturated heterocycles. The van der Waals surface area contributed by atoms with Crippen molar-refractivity contribution in [2.75, 3.05) is 28.4 Å². The molecule has 0 bridgehead atoms. The van der Waals surface area contributed by atoms with Crippen molar-refractivity contribution in [3.63, 3.8) is 0 Å². The Labute approximate surface area is 183 Å². The maximum Gasteiger partial charge on any atom is 0.129 e. The molecule has 0 aromatic heterocycles. The van der Waals surface area contributed by atoms with Crippen LogP contribution in [0.4, 0.5) is 0 Å². The van der Waals surface area contributed by atoms with Gasteiger partial charge in [-0.05, 0) is 41.8 Å². The van der Waals surface area contributed by atoms with Crippen molar-refractivity contribution in [2.24, 2.45) is 0 Å². The summed E-state index contributed by atoms with van der Waals surface area (Å²) in [6, 6.07) is 17.1. The zero-order valence-corrected chi connectivity index (χ0v) is 18.5. The molecule has 0 radical (unpaired) electrons. The van der Waals surface area contributed by atoms with E-state index in [0.717, 1.165) is 22.3 Å². The van der Waals surface area contributed by atoms with Crippen molar-refractivity contribution in [2.45, 2.75) is 13.0 Å². The molecule has 0 aliphatic heterocycles. The van der Waals surface area contributed by atoms with E-state index in [9.17, 15) is 5.11 Å². The minimum Gasteiger partial charge on any atom is -0.497 e. The molecule has 0 aliphatic rings. The molecule has 0 amide bonds. The van der Waals surface area contributed by atoms with Gasteiger partial charge in [-0.2, -0.15) is 0 Å². The molecule has 0 fully saturated rings. The van der Waals surface area contributed by atoms with E-state index in [0.29, 0.717) is 28.6 Å². The first-order valence-corrected chi connectivity index (χ1v) is 9.90. The molecule has 1 unspecified atom stereocenters. The van der Waals surface area contributed by atoms with Gasteiger partial charge in [0.05, 0.1) is 28.4 Å². The fourth-order valence-corrected chi connectivity index (χ4v) is 3.37. The summed E-state index contributed by atoms with van der Waals surface area (Å²) in [5.41, 5.74) is 4.26. The average molecular weight is 421 g/mol. The van der Waals surface area contributed by atoms with Crippen LogP contribution >= 0.6 is 0 Å². The third kappa shape index (κ3) is 5.19. The van der Waals surface area contributed by atoms with Gasteiger partial charge in [0.2, 0.25) is 0 Å². The van der Waals surface area contributed by atoms with Gasteiger partial charge in [-0.1, -0.05) is 42.0 Å². The molecule has 1 N–H and O–H groups in total. The summed E-state index contributed by atoms with van der Waals surface area (Å²) in [7, 11) is 6.42. The Morgan fingerprint density at radius 2 is 1.29 bits per heavy atom. The molecule has 1 atom stereocenters. The first-order chi connectivity index (χ1) is 15.0. The highest BCUT2D eigenvalue weighted by molar-refractivity contribution is 5.75. The van der Waals surface area contributed by atoms with Gasteiger partial charge in [-0.15, -0.1) is 0 Å². The molecule has 0 saturated carbocycles. The van der Waals surface area contributed by atoms with Crippen LogP contribution in [0.5, 0.6) is 23.0 Å². The Kier molecular flexibility index (Phi) is 7.21. The summed E-state index contributed by atoms with van der Waals surface area (Å²) in [6.07, 6.45) is 3.00. The van der Waals surface area contributed by atoms with Crippen molar-refractivity contribution in [1.82, 2.24) is 0 Å². The van der Waals surface area contributed by atoms with Gasteiger partial charge < -0.3 is 24.1 Å². The molecule has 5 nitrogen and oxygen atoms in total. The fraction of sp³-hybridized carbons (Fsp3) is 0.231. The number of hydrogen-bond donors (Lipinski definition) is 1. The van der Waals surface area contributed by atoms with E-state index in [-0.39, 0.29) is 0 Å². The minimum atomic E-state index is -0.860. The fourth-order valence-electron chi connectivity index (χ4n) is 3.37. The van der Waals surface area contributed by atoms with Gasteiger partial charge >= 0.3 is 0 Å². The Morgan fingerprint density at radius 1 is 0.710 bits per heavy atom. The number of methoxy groups -OCH3 is 4. The second-order valence-corrected chi connectivity index (χ2v) is 7.13. The highest BCUT2D eigenvalue weighted by Crippen LogP contribution is 2.37. The summed E-state index contributed by atoms with van der Waals surface area (Å²) < 4.78 is 21.8. The monoisotopic (exact) mass is 420 g/mol. The maximum atomic E-state index is 11.2. The summed E-state index contributed by atoms with van der Waals surface area (Å²) in [4.78, 5) is 0. The first kappa shape index (κ1) is 22.2. The lowest BCUT2D eigenvalue weighted by molar-refractivity contribution is 0.214. The molecule has 0 heterocycles. The molecule has 0 spiro atoms. The molecule has 3 aromatic rings. The topological polar surface area (TPSA) is 57.2 Å². The Bertz CT molecular complexity index is 1030. The highest BCUT2D eigenvalue weighted by Gasteiger charge is 2.20. The molecule has 3 aromatic carbocycles. The van der Waals surface area contributed by atoms with Crippen LogP contribution in [-0.4, -0.2) is 33.5 Å². The zero-order chi connectivity index (χ0) is 22.4. The lowest BCUT2D eigenvalue weighted by atomic mass is 9.94. The molecule has 3 rings (SSSR count). The SMILES string of the molecule is COc1cc(/C=C/c2cc(OC)cc(OC)c2C(O)c2ccc(C)cc2)cc(OC)c1. The summed E-state index contributed by atoms with van der Waals surface area (Å²) in [6.45, 7) is 2.01. The van der Waals surface area contributed by atoms with Crippen LogP contribution in [0.2, 0.25) is 0 Å². The van der Waals surface area contributed by atoms with Gasteiger partial charge in [-0.3, -0.25) is 0 Å². The van der Waals surface area contributed by atoms with Crippen molar-refractivity contribution in [3.8, 4) is 23.0 Å². The standard InChI is InChI=1S/C26H28O5/c1-17-6-9-19(10-7-17)26(27)25-20(14-23(30-4)16-24(25)31-5)11-8-18-12-21(28-2)15-22(13-18)29-3/h6-16,26-27H,1-5H3/b11-8+. The maximum absolute atomic E-state index is 11.2. The quantitative estimate of drug-likeness (QED) is 0.503. The van der Waals surface area contributed by atoms with E-state index in [4.69, 9.17) is 18.9 Å². The normalized spacial score (nSPS) is 11.9. The first-order valence-electron chi connectivity index (χ1n) is 9.90. The summed E-state index contributed by atoms with van der Waals surface area (Å²) in [5, 5.41) is 11.2. The van der Waals surface area contributed by atoms with Crippen LogP contribution in [0.3, 0.4) is 0 Å². The van der Waals surface area contributed by atoms with Crippen LogP contribution < -0.4 is 18.9 Å². The van der Waals surface area contributed by atoms with Gasteiger partial charge in [0.15, 0.2) is 0 Å². The number of benzene rings is 3. The number of hydrogen-bond acceptors (Lipinski definition) is 5. The largest absolute Gasteiger partial charge is 0.497 e. The zero-order valence-electron chi connectivity index (χ0n) is 18.5. The van der Waals surface area contributed by atoms with E-state index in [1.807, 2.05) is 67.6 Å². The van der Waals surface area contributed by atoms with Crippen LogP contribution in [0, 0.1) is 6.92 Å². The number of aliphatic hydroxyl groups excluding tert-OH is 1. The smallest absolute Gasteiger partial charge is 0.129 e. The Hall–Kier alpha value is -3.44. The summed E-state index contributed by atoms with van der Waals surface area (Å²) >= 11 is 0. The second-order valence-electron chi connectivity index (χ2n) is 7.13. The van der Waals surface area contributed by atoms with Crippen LogP contribution in [0.1, 0.15) is 33.9 Å². The van der Waals surface area contributed by atoms with E-state index in [1.165, 1.54) is 0 Å². The third-order valence-corrected chi connectivity index (χ3v) is 5.10. The average Bonchev–Trinajstić information content (AvgIpc) is 2.81. The van der Waals surface area contributed by atoms with Crippen molar-refractivity contribution in [3.05, 3.63) is 82.4 Å².